The van der Waals surface area contributed by atoms with Crippen LogP contribution in [0.2, 0.25) is 20.1 Å². The molecule has 8 atom stereocenters. The van der Waals surface area contributed by atoms with Gasteiger partial charge in [0.1, 0.15) is 17.3 Å². The summed E-state index contributed by atoms with van der Waals surface area (Å²) in [6, 6.07) is 21.9. The number of ketones is 7. The van der Waals surface area contributed by atoms with Crippen LogP contribution in [0.5, 0.6) is 0 Å². The van der Waals surface area contributed by atoms with Gasteiger partial charge in [0.2, 0.25) is 29.5 Å². The number of hydrogen-bond donors (Lipinski definition) is 5. The summed E-state index contributed by atoms with van der Waals surface area (Å²) in [7, 11) is 16.9. The second kappa shape index (κ2) is 60.2. The van der Waals surface area contributed by atoms with Crippen LogP contribution in [0.15, 0.2) is 121 Å². The average molecular weight is 2130 g/mol. The Morgan fingerprint density at radius 2 is 0.590 bits per heavy atom. The van der Waals surface area contributed by atoms with E-state index in [1.807, 2.05) is 144 Å². The molecule has 4 aliphatic rings. The van der Waals surface area contributed by atoms with Crippen LogP contribution in [0, 0.1) is 47.3 Å². The standard InChI is InChI=1S/C29H40ClN3O3S.C28H38ClN3O3S.C27H37ClN4O3S.C27H36ClN3O3S/c1-5-8-23(34)15-21(16-28-31-25-12-11-22(30)17-27(25)37-28)29(36)32-24(20-9-6-7-10-20)13-14-26(35)19(2)18-33(3)4;1-5-22(33)14-20(15-27-30-24-11-10-21(29)16-26(24)36-27)28(35)31-23(19-8-6-7-9-19)12-13-25(34)18(2)17-32(3)4;1-17(16-32(3)4)23(33)12-11-21(18-7-5-6-8-18)31-27(35)19(13-25(34)29-2)14-26-30-22-10-9-20(28)15-24(22)36-26;1-17(16-31(3)4)24(33)12-11-22(19-7-5-6-8-19)30-27(34)20(13-18(2)32)14-26-29-23-10-9-21(28)15-25(23)35-26/h11-12,17,20-21,24H,2,5-10,13-16,18H2,1,3-4H3,(H,32,36);10-11,16,19-20,23H,2,5-9,12-15,17H2,1,3-4H3,(H,31,35);9-10,15,18-19,21H,1,5-8,11-14,16H2,2-4H3,(H,29,34)(H,31,35);9-10,15,19-20,22H,1,5-8,11-14,16H2,2-4H3,(H,30,34)/t21-,24+;20-,23+;19-,21+;20-,22+/m0000/s1. The summed E-state index contributed by atoms with van der Waals surface area (Å²) in [5, 5.41) is 21.5. The molecule has 0 spiro atoms. The van der Waals surface area contributed by atoms with E-state index in [4.69, 9.17) is 51.4 Å². The Morgan fingerprint density at radius 1 is 0.354 bits per heavy atom. The highest BCUT2D eigenvalue weighted by Crippen LogP contribution is 2.39. The van der Waals surface area contributed by atoms with Gasteiger partial charge in [-0.15, -0.1) is 45.3 Å². The third-order valence-corrected chi connectivity index (χ3v) is 32.5. The van der Waals surface area contributed by atoms with Gasteiger partial charge in [0.05, 0.1) is 84.6 Å². The molecule has 8 aromatic rings. The fourth-order valence-corrected chi connectivity index (χ4v) is 25.1. The minimum absolute atomic E-state index is 0.0260. The van der Waals surface area contributed by atoms with E-state index in [9.17, 15) is 57.5 Å². The third kappa shape index (κ3) is 39.8. The lowest BCUT2D eigenvalue weighted by atomic mass is 9.90. The SMILES string of the molecule is C=C(CN(C)C)C(=O)CC[C@@H](NC(=O)[C@@H](CC(=O)CC)Cc1nc2ccc(Cl)cc2s1)C1CCCC1.C=C(CN(C)C)C(=O)CC[C@@H](NC(=O)[C@@H](CC(=O)CCC)Cc1nc2ccc(Cl)cc2s1)C1CCCC1.C=C(CN(C)C)C(=O)CC[C@@H](NC(=O)[C@@H](CC(=O)NC)Cc1nc2ccc(Cl)cc2s1)C1CCCC1.C=C(CN(C)C)C(=O)CC[C@@H](NC(=O)[C@@H](CC(C)=O)Cc1nc2ccc(Cl)cc2s1)C1CCCC1. The monoisotopic (exact) mass is 2130 g/mol. The Bertz CT molecular complexity index is 5570. The van der Waals surface area contributed by atoms with E-state index in [1.54, 1.807) is 25.2 Å². The molecule has 4 heterocycles. The molecular formula is C111H151Cl4N13O12S4. The summed E-state index contributed by atoms with van der Waals surface area (Å²) < 4.78 is 3.87. The molecule has 0 radical (unpaired) electrons. The van der Waals surface area contributed by atoms with Crippen LogP contribution in [-0.4, -0.2) is 223 Å². The molecule has 0 bridgehead atoms. The van der Waals surface area contributed by atoms with Crippen molar-refractivity contribution in [1.82, 2.24) is 66.1 Å². The van der Waals surface area contributed by atoms with Crippen LogP contribution in [0.3, 0.4) is 0 Å². The number of amides is 5. The third-order valence-electron chi connectivity index (χ3n) is 27.4. The quantitative estimate of drug-likeness (QED) is 0.0221. The number of fused-ring (bicyclic) bond motifs is 4. The van der Waals surface area contributed by atoms with Crippen molar-refractivity contribution < 1.29 is 57.5 Å². The van der Waals surface area contributed by atoms with E-state index in [0.717, 1.165) is 170 Å². The fourth-order valence-electron chi connectivity index (χ4n) is 19.8. The van der Waals surface area contributed by atoms with Crippen molar-refractivity contribution in [1.29, 1.82) is 0 Å². The first kappa shape index (κ1) is 119. The van der Waals surface area contributed by atoms with Gasteiger partial charge in [-0.2, -0.15) is 0 Å². The molecule has 12 rings (SSSR count). The largest absolute Gasteiger partial charge is 0.359 e. The van der Waals surface area contributed by atoms with Gasteiger partial charge in [-0.3, -0.25) is 52.7 Å². The molecular weight excluding hydrogens is 1980 g/mol. The number of thiazole rings is 4. The Balaban J connectivity index is 0.000000214. The van der Waals surface area contributed by atoms with Gasteiger partial charge in [0.25, 0.3) is 0 Å². The van der Waals surface area contributed by atoms with Crippen LogP contribution in [0.4, 0.5) is 0 Å². The van der Waals surface area contributed by atoms with Crippen LogP contribution in [-0.2, 0) is 83.2 Å². The number of aromatic nitrogens is 4. The Kier molecular flexibility index (Phi) is 49.7. The van der Waals surface area contributed by atoms with Crippen LogP contribution in [0.1, 0.15) is 240 Å². The smallest absolute Gasteiger partial charge is 0.224 e. The summed E-state index contributed by atoms with van der Waals surface area (Å²) in [6.07, 6.45) is 25.2. The molecule has 0 aliphatic heterocycles. The summed E-state index contributed by atoms with van der Waals surface area (Å²) in [4.78, 5) is 180. The molecule has 4 saturated carbocycles. The van der Waals surface area contributed by atoms with Crippen molar-refractivity contribution in [3.63, 3.8) is 0 Å². The molecule has 784 valence electrons. The maximum absolute atomic E-state index is 13.6. The fraction of sp³-hybridized carbons (Fsp3) is 0.568. The van der Waals surface area contributed by atoms with Crippen LogP contribution in [0.25, 0.3) is 40.9 Å². The Morgan fingerprint density at radius 3 is 0.812 bits per heavy atom. The number of halogens is 4. The second-order valence-corrected chi connectivity index (χ2v) is 46.9. The van der Waals surface area contributed by atoms with Crippen molar-refractivity contribution in [3.8, 4) is 0 Å². The van der Waals surface area contributed by atoms with Crippen LogP contribution >= 0.6 is 91.8 Å². The first-order valence-electron chi connectivity index (χ1n) is 51.2. The molecule has 5 amide bonds. The zero-order valence-corrected chi connectivity index (χ0v) is 92.7. The Hall–Kier alpha value is -8.56. The molecule has 4 aliphatic carbocycles. The number of rotatable bonds is 55. The molecule has 25 nitrogen and oxygen atoms in total. The summed E-state index contributed by atoms with van der Waals surface area (Å²) >= 11 is 30.5. The number of Topliss-reactive ketones (excluding diaryl/α,β-unsaturated/α-hetero) is 7. The summed E-state index contributed by atoms with van der Waals surface area (Å²) in [6.45, 7) is 23.2. The molecule has 4 aromatic carbocycles. The zero-order valence-electron chi connectivity index (χ0n) is 86.4. The normalized spacial score (nSPS) is 15.8. The van der Waals surface area contributed by atoms with Crippen molar-refractivity contribution in [3.05, 3.63) is 162 Å². The lowest BCUT2D eigenvalue weighted by molar-refractivity contribution is -0.131. The van der Waals surface area contributed by atoms with Gasteiger partial charge < -0.3 is 51.0 Å². The van der Waals surface area contributed by atoms with Crippen molar-refractivity contribution in [2.24, 2.45) is 47.3 Å². The number of nitrogens with one attached hydrogen (secondary N) is 5. The highest BCUT2D eigenvalue weighted by molar-refractivity contribution is 7.19. The molecule has 0 unspecified atom stereocenters. The van der Waals surface area contributed by atoms with E-state index < -0.39 is 23.7 Å². The first-order chi connectivity index (χ1) is 68.6. The van der Waals surface area contributed by atoms with Crippen molar-refractivity contribution in [2.75, 3.05) is 89.6 Å². The minimum Gasteiger partial charge on any atom is -0.359 e. The van der Waals surface area contributed by atoms with Gasteiger partial charge in [-0.05, 0) is 243 Å². The van der Waals surface area contributed by atoms with Gasteiger partial charge in [0.15, 0.2) is 23.1 Å². The zero-order chi connectivity index (χ0) is 105. The van der Waals surface area contributed by atoms with Gasteiger partial charge in [-0.1, -0.05) is 138 Å². The predicted octanol–water partition coefficient (Wildman–Crippen LogP) is 21.2. The maximum Gasteiger partial charge on any atom is 0.224 e. The minimum atomic E-state index is -0.552. The number of benzene rings is 4. The number of carbonyl (C=O) groups is 12. The lowest BCUT2D eigenvalue weighted by Gasteiger charge is -2.27. The second-order valence-electron chi connectivity index (χ2n) is 40.7. The van der Waals surface area contributed by atoms with Crippen molar-refractivity contribution >= 4 is 203 Å². The number of hydrogen-bond acceptors (Lipinski definition) is 24. The molecule has 4 fully saturated rings. The van der Waals surface area contributed by atoms with E-state index in [1.165, 1.54) is 52.3 Å². The summed E-state index contributed by atoms with van der Waals surface area (Å²) in [5.41, 5.74) is 5.75. The topological polar surface area (TPSA) is 330 Å². The number of likely N-dealkylation sites (N-methyl/N-ethyl adjacent to an activating group) is 4. The molecule has 33 heteroatoms. The van der Waals surface area contributed by atoms with Gasteiger partial charge in [-0.25, -0.2) is 19.9 Å². The van der Waals surface area contributed by atoms with Gasteiger partial charge >= 0.3 is 0 Å². The lowest BCUT2D eigenvalue weighted by Crippen LogP contribution is -2.44. The molecule has 5 N–H and O–H groups in total. The summed E-state index contributed by atoms with van der Waals surface area (Å²) in [5.74, 6) is -1.01. The van der Waals surface area contributed by atoms with E-state index in [2.05, 4.69) is 67.9 Å². The van der Waals surface area contributed by atoms with Crippen LogP contribution < -0.4 is 26.6 Å². The van der Waals surface area contributed by atoms with E-state index in [-0.39, 0.29) is 120 Å². The van der Waals surface area contributed by atoms with E-state index in [0.29, 0.717) is 182 Å². The van der Waals surface area contributed by atoms with Crippen molar-refractivity contribution in [2.45, 2.75) is 270 Å². The average Bonchev–Trinajstić information content (AvgIpc) is 1.69. The van der Waals surface area contributed by atoms with E-state index >= 15 is 0 Å². The predicted molar refractivity (Wildman–Crippen MR) is 589 cm³/mol. The highest BCUT2D eigenvalue weighted by atomic mass is 35.5. The first-order valence-corrected chi connectivity index (χ1v) is 55.9. The van der Waals surface area contributed by atoms with Gasteiger partial charge in [0, 0.05) is 190 Å². The number of nitrogens with zero attached hydrogens (tertiary/aromatic N) is 8. The molecule has 144 heavy (non-hydrogen) atoms. The number of carbonyl (C=O) groups excluding carboxylic acids is 12. The molecule has 0 saturated heterocycles. The maximum atomic E-state index is 13.6. The molecule has 4 aromatic heterocycles. The Labute approximate surface area is 887 Å². The highest BCUT2D eigenvalue weighted by Gasteiger charge is 2.38.